The standard InChI is InChI=1S/C21H15NO2/c1-14-9-11-15(12-10-14)21(23)24-22-20-8-4-7-18-17-6-3-2-5-16(17)13-19(18)20/h2-13H,1H3. The molecule has 3 nitrogen and oxygen atoms in total. The van der Waals surface area contributed by atoms with E-state index in [4.69, 9.17) is 4.84 Å². The van der Waals surface area contributed by atoms with Gasteiger partial charge in [-0.3, -0.25) is 0 Å². The number of carbonyl (C=O) groups excluding carboxylic acids is 1. The van der Waals surface area contributed by atoms with Gasteiger partial charge in [-0.05, 0) is 47.9 Å². The summed E-state index contributed by atoms with van der Waals surface area (Å²) in [6, 6.07) is 15.4. The molecule has 0 amide bonds. The highest BCUT2D eigenvalue weighted by Gasteiger charge is 2.23. The first-order valence-electron chi connectivity index (χ1n) is 7.78. The molecule has 0 bridgehead atoms. The van der Waals surface area contributed by atoms with Crippen molar-refractivity contribution in [1.82, 2.24) is 0 Å². The number of fused-ring (bicyclic) bond motifs is 3. The molecule has 0 aliphatic heterocycles. The van der Waals surface area contributed by atoms with E-state index in [2.05, 4.69) is 29.4 Å². The maximum absolute atomic E-state index is 12.1. The minimum atomic E-state index is -0.455. The number of hydrogen-bond acceptors (Lipinski definition) is 3. The summed E-state index contributed by atoms with van der Waals surface area (Å²) in [4.78, 5) is 17.3. The van der Waals surface area contributed by atoms with E-state index < -0.39 is 5.97 Å². The zero-order valence-corrected chi connectivity index (χ0v) is 13.2. The second kappa shape index (κ2) is 5.78. The fourth-order valence-electron chi connectivity index (χ4n) is 2.88. The second-order valence-electron chi connectivity index (χ2n) is 5.81. The van der Waals surface area contributed by atoms with E-state index in [0.29, 0.717) is 11.3 Å². The lowest BCUT2D eigenvalue weighted by molar-refractivity contribution is 0.0517. The molecule has 0 unspecified atom stereocenters. The molecule has 24 heavy (non-hydrogen) atoms. The number of aryl methyl sites for hydroxylation is 1. The molecule has 116 valence electrons. The first kappa shape index (κ1) is 14.4. The molecule has 0 saturated carbocycles. The third-order valence-electron chi connectivity index (χ3n) is 4.15. The van der Waals surface area contributed by atoms with E-state index in [-0.39, 0.29) is 0 Å². The van der Waals surface area contributed by atoms with Gasteiger partial charge in [0.2, 0.25) is 0 Å². The Kier molecular flexibility index (Phi) is 3.47. The summed E-state index contributed by atoms with van der Waals surface area (Å²) >= 11 is 0. The van der Waals surface area contributed by atoms with Crippen LogP contribution >= 0.6 is 0 Å². The predicted octanol–water partition coefficient (Wildman–Crippen LogP) is 4.56. The van der Waals surface area contributed by atoms with Gasteiger partial charge in [-0.25, -0.2) is 4.79 Å². The van der Waals surface area contributed by atoms with E-state index in [1.807, 2.05) is 43.3 Å². The zero-order chi connectivity index (χ0) is 16.5. The molecule has 0 fully saturated rings. The summed E-state index contributed by atoms with van der Waals surface area (Å²) in [5.41, 5.74) is 6.66. The molecule has 4 rings (SSSR count). The molecule has 0 N–H and O–H groups in total. The molecule has 0 heterocycles. The van der Waals surface area contributed by atoms with E-state index in [0.717, 1.165) is 22.3 Å². The second-order valence-corrected chi connectivity index (χ2v) is 5.81. The van der Waals surface area contributed by atoms with Gasteiger partial charge >= 0.3 is 5.97 Å². The molecule has 2 aromatic carbocycles. The maximum Gasteiger partial charge on any atom is 0.365 e. The van der Waals surface area contributed by atoms with Crippen molar-refractivity contribution in [3.63, 3.8) is 0 Å². The van der Waals surface area contributed by atoms with Crippen LogP contribution in [0.5, 0.6) is 0 Å². The summed E-state index contributed by atoms with van der Waals surface area (Å²) in [6.07, 6.45) is 7.90. The number of oxime groups is 1. The SMILES string of the molecule is Cc1ccc(C(=O)ON=C2C=CC=C3C2=Cc2ccccc23)cc1. The maximum atomic E-state index is 12.1. The molecule has 0 spiro atoms. The topological polar surface area (TPSA) is 38.7 Å². The van der Waals surface area contributed by atoms with Crippen LogP contribution in [0.3, 0.4) is 0 Å². The molecule has 0 atom stereocenters. The van der Waals surface area contributed by atoms with Gasteiger partial charge < -0.3 is 4.84 Å². The fourth-order valence-corrected chi connectivity index (χ4v) is 2.88. The van der Waals surface area contributed by atoms with Crippen molar-refractivity contribution in [1.29, 1.82) is 0 Å². The first-order chi connectivity index (χ1) is 11.7. The van der Waals surface area contributed by atoms with Crippen LogP contribution < -0.4 is 0 Å². The van der Waals surface area contributed by atoms with Gasteiger partial charge in [-0.15, -0.1) is 0 Å². The van der Waals surface area contributed by atoms with Crippen LogP contribution in [0.25, 0.3) is 11.6 Å². The van der Waals surface area contributed by atoms with Gasteiger partial charge in [0.15, 0.2) is 0 Å². The van der Waals surface area contributed by atoms with E-state index in [9.17, 15) is 4.79 Å². The zero-order valence-electron chi connectivity index (χ0n) is 13.2. The molecular formula is C21H15NO2. The Hall–Kier alpha value is -3.20. The minimum absolute atomic E-state index is 0.455. The average molecular weight is 313 g/mol. The number of hydrogen-bond donors (Lipinski definition) is 0. The largest absolute Gasteiger partial charge is 0.365 e. The molecular weight excluding hydrogens is 298 g/mol. The van der Waals surface area contributed by atoms with Crippen LogP contribution in [0.15, 0.2) is 77.5 Å². The molecule has 2 aliphatic carbocycles. The van der Waals surface area contributed by atoms with Gasteiger partial charge in [0, 0.05) is 5.57 Å². The van der Waals surface area contributed by atoms with Crippen molar-refractivity contribution in [2.24, 2.45) is 5.16 Å². The van der Waals surface area contributed by atoms with Crippen LogP contribution in [0.2, 0.25) is 0 Å². The van der Waals surface area contributed by atoms with Gasteiger partial charge in [0.1, 0.15) is 5.71 Å². The van der Waals surface area contributed by atoms with Gasteiger partial charge in [0.05, 0.1) is 5.56 Å². The lowest BCUT2D eigenvalue weighted by Crippen LogP contribution is -2.07. The number of allylic oxidation sites excluding steroid dienone is 5. The Morgan fingerprint density at radius 1 is 1.00 bits per heavy atom. The van der Waals surface area contributed by atoms with Crippen molar-refractivity contribution < 1.29 is 9.63 Å². The van der Waals surface area contributed by atoms with Crippen molar-refractivity contribution in [2.75, 3.05) is 0 Å². The van der Waals surface area contributed by atoms with E-state index >= 15 is 0 Å². The van der Waals surface area contributed by atoms with E-state index in [1.165, 1.54) is 5.56 Å². The Morgan fingerprint density at radius 3 is 2.62 bits per heavy atom. The van der Waals surface area contributed by atoms with Crippen molar-refractivity contribution in [3.8, 4) is 0 Å². The number of carbonyl (C=O) groups is 1. The van der Waals surface area contributed by atoms with Crippen LogP contribution in [-0.4, -0.2) is 11.7 Å². The average Bonchev–Trinajstić information content (AvgIpc) is 2.99. The highest BCUT2D eigenvalue weighted by Crippen LogP contribution is 2.37. The van der Waals surface area contributed by atoms with Crippen molar-refractivity contribution in [3.05, 3.63) is 94.6 Å². The van der Waals surface area contributed by atoms with E-state index in [1.54, 1.807) is 12.1 Å². The summed E-state index contributed by atoms with van der Waals surface area (Å²) in [6.45, 7) is 1.97. The molecule has 3 heteroatoms. The van der Waals surface area contributed by atoms with Crippen LogP contribution in [0, 0.1) is 6.92 Å². The summed E-state index contributed by atoms with van der Waals surface area (Å²) in [5.74, 6) is -0.455. The Balaban J connectivity index is 1.59. The highest BCUT2D eigenvalue weighted by atomic mass is 16.7. The number of nitrogens with zero attached hydrogens (tertiary/aromatic N) is 1. The fraction of sp³-hybridized carbons (Fsp3) is 0.0476. The summed E-state index contributed by atoms with van der Waals surface area (Å²) in [5, 5.41) is 4.08. The molecule has 0 saturated heterocycles. The smallest absolute Gasteiger partial charge is 0.312 e. The number of rotatable bonds is 2. The predicted molar refractivity (Wildman–Crippen MR) is 95.6 cm³/mol. The Morgan fingerprint density at radius 2 is 1.79 bits per heavy atom. The minimum Gasteiger partial charge on any atom is -0.312 e. The van der Waals surface area contributed by atoms with Crippen LogP contribution in [0.4, 0.5) is 0 Å². The quantitative estimate of drug-likeness (QED) is 0.602. The summed E-state index contributed by atoms with van der Waals surface area (Å²) < 4.78 is 0. The van der Waals surface area contributed by atoms with Gasteiger partial charge in [-0.2, -0.15) is 0 Å². The molecule has 2 aromatic rings. The third-order valence-corrected chi connectivity index (χ3v) is 4.15. The lowest BCUT2D eigenvalue weighted by atomic mass is 9.96. The third kappa shape index (κ3) is 2.50. The van der Waals surface area contributed by atoms with Gasteiger partial charge in [-0.1, -0.05) is 59.3 Å². The Labute approximate surface area is 140 Å². The Bertz CT molecular complexity index is 944. The number of benzene rings is 2. The molecule has 0 radical (unpaired) electrons. The molecule has 2 aliphatic rings. The van der Waals surface area contributed by atoms with Crippen molar-refractivity contribution in [2.45, 2.75) is 6.92 Å². The van der Waals surface area contributed by atoms with Gasteiger partial charge in [0.25, 0.3) is 0 Å². The highest BCUT2D eigenvalue weighted by molar-refractivity contribution is 6.25. The lowest BCUT2D eigenvalue weighted by Gasteiger charge is -2.10. The van der Waals surface area contributed by atoms with Crippen LogP contribution in [-0.2, 0) is 4.84 Å². The first-order valence-corrected chi connectivity index (χ1v) is 7.78. The summed E-state index contributed by atoms with van der Waals surface area (Å²) in [7, 11) is 0. The normalized spacial score (nSPS) is 16.3. The van der Waals surface area contributed by atoms with Crippen molar-refractivity contribution >= 4 is 23.3 Å². The van der Waals surface area contributed by atoms with Crippen LogP contribution in [0.1, 0.15) is 27.0 Å². The monoisotopic (exact) mass is 313 g/mol. The molecule has 0 aromatic heterocycles.